The number of hydrogen-bond donors (Lipinski definition) is 3. The number of nitrogens with one attached hydrogen (secondary N) is 1. The number of rotatable bonds is 1. The van der Waals surface area contributed by atoms with Gasteiger partial charge in [0.15, 0.2) is 5.96 Å². The molecule has 0 spiro atoms. The van der Waals surface area contributed by atoms with E-state index in [0.717, 1.165) is 12.1 Å². The van der Waals surface area contributed by atoms with E-state index in [9.17, 15) is 18.0 Å². The first-order valence-electron chi connectivity index (χ1n) is 5.12. The van der Waals surface area contributed by atoms with Crippen LogP contribution in [0.3, 0.4) is 0 Å². The summed E-state index contributed by atoms with van der Waals surface area (Å²) < 4.78 is 38.3. The smallest absolute Gasteiger partial charge is 0.370 e. The number of halogens is 3. The number of aromatic amines is 1. The van der Waals surface area contributed by atoms with Crippen LogP contribution in [0.15, 0.2) is 29.3 Å². The van der Waals surface area contributed by atoms with Gasteiger partial charge in [0.25, 0.3) is 5.91 Å². The summed E-state index contributed by atoms with van der Waals surface area (Å²) in [5.41, 5.74) is 9.32. The topological polar surface area (TPSA) is 97.3 Å². The van der Waals surface area contributed by atoms with Crippen LogP contribution in [-0.4, -0.2) is 16.9 Å². The first-order chi connectivity index (χ1) is 8.79. The molecule has 19 heavy (non-hydrogen) atoms. The quantitative estimate of drug-likeness (QED) is 0.542. The second-order valence-corrected chi connectivity index (χ2v) is 3.79. The van der Waals surface area contributed by atoms with Crippen LogP contribution < -0.4 is 11.5 Å². The molecule has 1 aromatic heterocycles. The molecule has 0 bridgehead atoms. The second-order valence-electron chi connectivity index (χ2n) is 3.79. The number of carbonyl (C=O) groups excluding carboxylic acids is 1. The minimum absolute atomic E-state index is 0.107. The first-order valence-corrected chi connectivity index (χ1v) is 5.12. The number of carbonyl (C=O) groups is 1. The molecule has 1 amide bonds. The Hall–Kier alpha value is -2.51. The highest BCUT2D eigenvalue weighted by Crippen LogP contribution is 2.35. The van der Waals surface area contributed by atoms with Crippen LogP contribution in [0.1, 0.15) is 16.1 Å². The van der Waals surface area contributed by atoms with Gasteiger partial charge in [-0.05, 0) is 18.2 Å². The van der Waals surface area contributed by atoms with E-state index in [2.05, 4.69) is 9.98 Å². The molecular formula is C11H9F3N4O. The second kappa shape index (κ2) is 4.30. The zero-order valence-electron chi connectivity index (χ0n) is 9.45. The van der Waals surface area contributed by atoms with Crippen molar-refractivity contribution < 1.29 is 18.0 Å². The van der Waals surface area contributed by atoms with Crippen molar-refractivity contribution in [2.75, 3.05) is 0 Å². The summed E-state index contributed by atoms with van der Waals surface area (Å²) in [4.78, 5) is 17.3. The van der Waals surface area contributed by atoms with Gasteiger partial charge in [0.05, 0.1) is 5.56 Å². The average molecular weight is 270 g/mol. The Morgan fingerprint density at radius 2 is 1.95 bits per heavy atom. The van der Waals surface area contributed by atoms with Crippen molar-refractivity contribution in [2.45, 2.75) is 6.18 Å². The number of amides is 1. The fourth-order valence-electron chi connectivity index (χ4n) is 1.70. The van der Waals surface area contributed by atoms with E-state index in [1.165, 1.54) is 12.1 Å². The van der Waals surface area contributed by atoms with E-state index in [1.807, 2.05) is 0 Å². The summed E-state index contributed by atoms with van der Waals surface area (Å²) in [6, 6.07) is 4.69. The van der Waals surface area contributed by atoms with Crippen molar-refractivity contribution in [1.29, 1.82) is 0 Å². The lowest BCUT2D eigenvalue weighted by Crippen LogP contribution is -2.24. The van der Waals surface area contributed by atoms with Crippen molar-refractivity contribution >= 4 is 22.8 Å². The van der Waals surface area contributed by atoms with Crippen LogP contribution in [0, 0.1) is 0 Å². The van der Waals surface area contributed by atoms with Gasteiger partial charge in [-0.1, -0.05) is 6.07 Å². The molecule has 0 fully saturated rings. The third-order valence-corrected chi connectivity index (χ3v) is 2.43. The molecule has 0 aliphatic heterocycles. The lowest BCUT2D eigenvalue weighted by Gasteiger charge is -2.06. The fourth-order valence-corrected chi connectivity index (χ4v) is 1.70. The maximum absolute atomic E-state index is 12.8. The van der Waals surface area contributed by atoms with Crippen LogP contribution in [-0.2, 0) is 6.18 Å². The van der Waals surface area contributed by atoms with Crippen molar-refractivity contribution in [2.24, 2.45) is 16.5 Å². The Bertz CT molecular complexity index is 668. The number of aromatic nitrogens is 1. The number of nitrogens with zero attached hydrogens (tertiary/aromatic N) is 1. The van der Waals surface area contributed by atoms with E-state index < -0.39 is 23.6 Å². The molecule has 0 atom stereocenters. The molecule has 1 heterocycles. The van der Waals surface area contributed by atoms with Gasteiger partial charge in [0.2, 0.25) is 0 Å². The van der Waals surface area contributed by atoms with E-state index >= 15 is 0 Å². The van der Waals surface area contributed by atoms with Crippen molar-refractivity contribution in [3.05, 3.63) is 35.5 Å². The molecule has 2 rings (SSSR count). The molecule has 0 saturated carbocycles. The molecule has 0 saturated heterocycles. The predicted octanol–water partition coefficient (Wildman–Crippen LogP) is 1.60. The van der Waals surface area contributed by atoms with Crippen molar-refractivity contribution in [3.63, 3.8) is 0 Å². The molecule has 100 valence electrons. The van der Waals surface area contributed by atoms with Gasteiger partial charge >= 0.3 is 6.18 Å². The molecule has 8 heteroatoms. The minimum Gasteiger partial charge on any atom is -0.370 e. The Labute approximate surface area is 105 Å². The van der Waals surface area contributed by atoms with Gasteiger partial charge < -0.3 is 16.5 Å². The van der Waals surface area contributed by atoms with Gasteiger partial charge in [-0.2, -0.15) is 18.2 Å². The molecule has 0 radical (unpaired) electrons. The minimum atomic E-state index is -4.50. The van der Waals surface area contributed by atoms with Gasteiger partial charge in [-0.3, -0.25) is 4.79 Å². The highest BCUT2D eigenvalue weighted by Gasteiger charge is 2.33. The largest absolute Gasteiger partial charge is 0.417 e. The normalized spacial score (nSPS) is 11.5. The van der Waals surface area contributed by atoms with Crippen LogP contribution in [0.5, 0.6) is 0 Å². The molecule has 0 unspecified atom stereocenters. The van der Waals surface area contributed by atoms with Gasteiger partial charge in [0, 0.05) is 10.9 Å². The number of benzene rings is 1. The monoisotopic (exact) mass is 270 g/mol. The summed E-state index contributed by atoms with van der Waals surface area (Å²) >= 11 is 0. The van der Waals surface area contributed by atoms with Gasteiger partial charge in [-0.15, -0.1) is 0 Å². The molecular weight excluding hydrogens is 261 g/mol. The van der Waals surface area contributed by atoms with E-state index in [-0.39, 0.29) is 16.6 Å². The number of guanidine groups is 1. The van der Waals surface area contributed by atoms with Crippen molar-refractivity contribution in [3.8, 4) is 0 Å². The lowest BCUT2D eigenvalue weighted by atomic mass is 10.1. The molecule has 5 nitrogen and oxygen atoms in total. The summed E-state index contributed by atoms with van der Waals surface area (Å²) in [6.45, 7) is 0. The number of hydrogen-bond acceptors (Lipinski definition) is 1. The number of aliphatic imine (C=N–C) groups is 1. The lowest BCUT2D eigenvalue weighted by molar-refractivity contribution is -0.136. The predicted molar refractivity (Wildman–Crippen MR) is 63.4 cm³/mol. The standard InChI is InChI=1S/C11H9F3N4O/c12-11(13,14)6-2-1-3-7-5(6)4-8(17-7)9(19)18-10(15)16/h1-4,17H,(H4,15,16,18,19). The third kappa shape index (κ3) is 2.51. The molecule has 0 aliphatic carbocycles. The summed E-state index contributed by atoms with van der Waals surface area (Å²) in [7, 11) is 0. The number of H-pyrrole nitrogens is 1. The Kier molecular flexibility index (Phi) is 2.93. The van der Waals surface area contributed by atoms with Crippen molar-refractivity contribution in [1.82, 2.24) is 4.98 Å². The Balaban J connectivity index is 2.58. The van der Waals surface area contributed by atoms with E-state index in [4.69, 9.17) is 11.5 Å². The number of nitrogens with two attached hydrogens (primary N) is 2. The fraction of sp³-hybridized carbons (Fsp3) is 0.0909. The van der Waals surface area contributed by atoms with Gasteiger partial charge in [0.1, 0.15) is 5.69 Å². The summed E-state index contributed by atoms with van der Waals surface area (Å²) in [6.07, 6.45) is -4.50. The number of fused-ring (bicyclic) bond motifs is 1. The van der Waals surface area contributed by atoms with Crippen LogP contribution >= 0.6 is 0 Å². The zero-order valence-corrected chi connectivity index (χ0v) is 9.45. The molecule has 0 aliphatic rings. The molecule has 1 aromatic carbocycles. The third-order valence-electron chi connectivity index (χ3n) is 2.43. The Morgan fingerprint density at radius 1 is 1.26 bits per heavy atom. The zero-order chi connectivity index (χ0) is 14.2. The van der Waals surface area contributed by atoms with Gasteiger partial charge in [-0.25, -0.2) is 0 Å². The highest BCUT2D eigenvalue weighted by atomic mass is 19.4. The summed E-state index contributed by atoms with van der Waals surface area (Å²) in [5.74, 6) is -1.29. The van der Waals surface area contributed by atoms with Crippen LogP contribution in [0.2, 0.25) is 0 Å². The first kappa shape index (κ1) is 12.9. The maximum atomic E-state index is 12.8. The van der Waals surface area contributed by atoms with E-state index in [0.29, 0.717) is 0 Å². The summed E-state index contributed by atoms with van der Waals surface area (Å²) in [5, 5.41) is -0.107. The molecule has 5 N–H and O–H groups in total. The Morgan fingerprint density at radius 3 is 2.53 bits per heavy atom. The van der Waals surface area contributed by atoms with E-state index in [1.54, 1.807) is 0 Å². The SMILES string of the molecule is NC(N)=NC(=O)c1cc2c(C(F)(F)F)cccc2[nH]1. The molecule has 2 aromatic rings. The van der Waals surface area contributed by atoms with Crippen LogP contribution in [0.25, 0.3) is 10.9 Å². The average Bonchev–Trinajstić information content (AvgIpc) is 2.69. The van der Waals surface area contributed by atoms with Crippen LogP contribution in [0.4, 0.5) is 13.2 Å². The number of alkyl halides is 3. The maximum Gasteiger partial charge on any atom is 0.417 e. The highest BCUT2D eigenvalue weighted by molar-refractivity contribution is 6.04.